The maximum absolute atomic E-state index is 2.42. The summed E-state index contributed by atoms with van der Waals surface area (Å²) in [6.45, 7) is 0. The summed E-state index contributed by atoms with van der Waals surface area (Å²) in [5, 5.41) is 7.63. The van der Waals surface area contributed by atoms with E-state index < -0.39 is 0 Å². The fourth-order valence-electron chi connectivity index (χ4n) is 8.75. The summed E-state index contributed by atoms with van der Waals surface area (Å²) in [5.74, 6) is 0. The minimum Gasteiger partial charge on any atom is -0.309 e. The van der Waals surface area contributed by atoms with Crippen LogP contribution in [0.15, 0.2) is 224 Å². The first-order valence-electron chi connectivity index (χ1n) is 19.8. The van der Waals surface area contributed by atoms with Crippen molar-refractivity contribution >= 4 is 70.1 Å². The third-order valence-corrected chi connectivity index (χ3v) is 12.7. The van der Waals surface area contributed by atoms with E-state index in [0.717, 1.165) is 11.4 Å². The topological polar surface area (TPSA) is 3.24 Å². The Kier molecular flexibility index (Phi) is 8.42. The predicted molar refractivity (Wildman–Crippen MR) is 251 cm³/mol. The zero-order valence-electron chi connectivity index (χ0n) is 31.7. The Morgan fingerprint density at radius 1 is 0.276 bits per heavy atom. The van der Waals surface area contributed by atoms with Crippen molar-refractivity contribution in [3.05, 3.63) is 224 Å². The highest BCUT2D eigenvalue weighted by molar-refractivity contribution is 7.26. The SMILES string of the molecule is c1ccc(-c2ccc(N(c3ccc(-c4ccc5c(c4)c(-c4ccccc4)c(-c4ccccc4)c4ccccc45)cc3)c3cccc4c3sc3ccccc34)cc2)cc1. The van der Waals surface area contributed by atoms with Gasteiger partial charge in [-0.2, -0.15) is 0 Å². The van der Waals surface area contributed by atoms with E-state index in [0.29, 0.717) is 0 Å². The van der Waals surface area contributed by atoms with Gasteiger partial charge < -0.3 is 4.90 Å². The lowest BCUT2D eigenvalue weighted by Gasteiger charge is -2.26. The van der Waals surface area contributed by atoms with E-state index in [1.54, 1.807) is 0 Å². The van der Waals surface area contributed by atoms with Crippen LogP contribution < -0.4 is 4.90 Å². The van der Waals surface area contributed by atoms with Gasteiger partial charge in [0.1, 0.15) is 0 Å². The highest BCUT2D eigenvalue weighted by Gasteiger charge is 2.20. The van der Waals surface area contributed by atoms with Crippen LogP contribution in [0.5, 0.6) is 0 Å². The molecule has 0 saturated carbocycles. The summed E-state index contributed by atoms with van der Waals surface area (Å²) in [5.41, 5.74) is 13.2. The van der Waals surface area contributed by atoms with Gasteiger partial charge in [0.25, 0.3) is 0 Å². The molecule has 1 heterocycles. The quantitative estimate of drug-likeness (QED) is 0.146. The highest BCUT2D eigenvalue weighted by Crippen LogP contribution is 2.47. The van der Waals surface area contributed by atoms with E-state index in [-0.39, 0.29) is 0 Å². The number of benzene rings is 10. The van der Waals surface area contributed by atoms with E-state index >= 15 is 0 Å². The third kappa shape index (κ3) is 5.86. The average Bonchev–Trinajstić information content (AvgIpc) is 3.69. The molecule has 0 fully saturated rings. The average molecular weight is 756 g/mol. The molecule has 0 aliphatic carbocycles. The summed E-state index contributed by atoms with van der Waals surface area (Å²) in [6, 6.07) is 81.8. The summed E-state index contributed by atoms with van der Waals surface area (Å²) >= 11 is 1.87. The lowest BCUT2D eigenvalue weighted by atomic mass is 9.84. The van der Waals surface area contributed by atoms with Crippen LogP contribution in [0.1, 0.15) is 0 Å². The molecule has 272 valence electrons. The fraction of sp³-hybridized carbons (Fsp3) is 0. The van der Waals surface area contributed by atoms with Crippen molar-refractivity contribution in [2.75, 3.05) is 4.90 Å². The molecule has 0 unspecified atom stereocenters. The summed E-state index contributed by atoms with van der Waals surface area (Å²) in [6.07, 6.45) is 0. The standard InChI is InChI=1S/C56H37NS/c1-4-15-38(16-5-1)39-27-32-44(33-28-39)57(52-25-14-24-50-48-22-12-13-26-53(48)58-56(50)52)45-34-29-40(30-35-45)43-31-36-47-46-21-10-11-23-49(46)54(41-17-6-2-7-18-41)55(51(47)37-43)42-19-8-3-9-20-42/h1-37H. The Balaban J connectivity index is 1.07. The molecule has 0 aliphatic heterocycles. The van der Waals surface area contributed by atoms with Crippen molar-refractivity contribution in [3.63, 3.8) is 0 Å². The van der Waals surface area contributed by atoms with Crippen LogP contribution in [0.4, 0.5) is 17.1 Å². The second-order valence-electron chi connectivity index (χ2n) is 14.8. The molecule has 0 spiro atoms. The number of nitrogens with zero attached hydrogens (tertiary/aromatic N) is 1. The Morgan fingerprint density at radius 3 is 1.36 bits per heavy atom. The molecule has 58 heavy (non-hydrogen) atoms. The van der Waals surface area contributed by atoms with Crippen LogP contribution in [-0.2, 0) is 0 Å². The monoisotopic (exact) mass is 755 g/mol. The van der Waals surface area contributed by atoms with Crippen LogP contribution in [0.3, 0.4) is 0 Å². The van der Waals surface area contributed by atoms with Crippen molar-refractivity contribution in [2.24, 2.45) is 0 Å². The Bertz CT molecular complexity index is 3240. The van der Waals surface area contributed by atoms with Crippen LogP contribution in [0.25, 0.3) is 86.2 Å². The van der Waals surface area contributed by atoms with Crippen molar-refractivity contribution in [2.45, 2.75) is 0 Å². The maximum atomic E-state index is 2.42. The zero-order chi connectivity index (χ0) is 38.4. The van der Waals surface area contributed by atoms with Gasteiger partial charge in [-0.1, -0.05) is 182 Å². The minimum absolute atomic E-state index is 1.12. The molecule has 0 aliphatic rings. The first kappa shape index (κ1) is 34.0. The molecule has 11 aromatic rings. The third-order valence-electron chi connectivity index (χ3n) is 11.5. The number of hydrogen-bond acceptors (Lipinski definition) is 2. The lowest BCUT2D eigenvalue weighted by molar-refractivity contribution is 1.30. The van der Waals surface area contributed by atoms with E-state index in [9.17, 15) is 0 Å². The van der Waals surface area contributed by atoms with Gasteiger partial charge in [-0.05, 0) is 109 Å². The molecule has 0 amide bonds. The largest absolute Gasteiger partial charge is 0.309 e. The van der Waals surface area contributed by atoms with Gasteiger partial charge in [0.2, 0.25) is 0 Å². The molecule has 11 rings (SSSR count). The van der Waals surface area contributed by atoms with Gasteiger partial charge in [-0.15, -0.1) is 11.3 Å². The van der Waals surface area contributed by atoms with Crippen LogP contribution in [0, 0.1) is 0 Å². The second-order valence-corrected chi connectivity index (χ2v) is 15.9. The van der Waals surface area contributed by atoms with E-state index in [1.165, 1.54) is 91.9 Å². The van der Waals surface area contributed by atoms with Gasteiger partial charge in [-0.3, -0.25) is 0 Å². The van der Waals surface area contributed by atoms with Crippen molar-refractivity contribution in [1.82, 2.24) is 0 Å². The first-order valence-corrected chi connectivity index (χ1v) is 20.7. The van der Waals surface area contributed by atoms with Gasteiger partial charge >= 0.3 is 0 Å². The number of thiophene rings is 1. The van der Waals surface area contributed by atoms with Gasteiger partial charge in [0.15, 0.2) is 0 Å². The molecule has 1 nitrogen and oxygen atoms in total. The number of hydrogen-bond donors (Lipinski definition) is 0. The van der Waals surface area contributed by atoms with Gasteiger partial charge in [-0.25, -0.2) is 0 Å². The van der Waals surface area contributed by atoms with Crippen LogP contribution in [-0.4, -0.2) is 0 Å². The van der Waals surface area contributed by atoms with E-state index in [4.69, 9.17) is 0 Å². The van der Waals surface area contributed by atoms with E-state index in [2.05, 4.69) is 229 Å². The van der Waals surface area contributed by atoms with Crippen molar-refractivity contribution in [3.8, 4) is 44.5 Å². The minimum atomic E-state index is 1.12. The molecule has 2 heteroatoms. The molecule has 0 radical (unpaired) electrons. The molecule has 0 bridgehead atoms. The summed E-state index contributed by atoms with van der Waals surface area (Å²) in [4.78, 5) is 2.42. The highest BCUT2D eigenvalue weighted by atomic mass is 32.1. The second kappa shape index (κ2) is 14.4. The zero-order valence-corrected chi connectivity index (χ0v) is 32.5. The summed E-state index contributed by atoms with van der Waals surface area (Å²) in [7, 11) is 0. The van der Waals surface area contributed by atoms with Crippen molar-refractivity contribution in [1.29, 1.82) is 0 Å². The molecule has 0 saturated heterocycles. The Hall–Kier alpha value is -7.26. The van der Waals surface area contributed by atoms with Crippen LogP contribution in [0.2, 0.25) is 0 Å². The first-order chi connectivity index (χ1) is 28.8. The normalized spacial score (nSPS) is 11.4. The smallest absolute Gasteiger partial charge is 0.0640 e. The molecular formula is C56H37NS. The number of fused-ring (bicyclic) bond motifs is 6. The molecule has 10 aromatic carbocycles. The van der Waals surface area contributed by atoms with E-state index in [1.807, 2.05) is 11.3 Å². The predicted octanol–water partition coefficient (Wildman–Crippen LogP) is 16.5. The maximum Gasteiger partial charge on any atom is 0.0640 e. The molecule has 0 atom stereocenters. The Morgan fingerprint density at radius 2 is 0.724 bits per heavy atom. The molecule has 1 aromatic heterocycles. The van der Waals surface area contributed by atoms with Gasteiger partial charge in [0.05, 0.1) is 10.4 Å². The molecule has 0 N–H and O–H groups in total. The lowest BCUT2D eigenvalue weighted by Crippen LogP contribution is -2.10. The van der Waals surface area contributed by atoms with Crippen LogP contribution >= 0.6 is 11.3 Å². The number of rotatable bonds is 7. The molecular weight excluding hydrogens is 719 g/mol. The number of anilines is 3. The van der Waals surface area contributed by atoms with Gasteiger partial charge in [0, 0.05) is 26.8 Å². The Labute approximate surface area is 342 Å². The van der Waals surface area contributed by atoms with Crippen molar-refractivity contribution < 1.29 is 0 Å². The fourth-order valence-corrected chi connectivity index (χ4v) is 9.96. The summed E-state index contributed by atoms with van der Waals surface area (Å²) < 4.78 is 2.58.